The molecule has 1 heterocycles. The number of benzene rings is 1. The zero-order valence-corrected chi connectivity index (χ0v) is 15.6. The molecule has 4 nitrogen and oxygen atoms in total. The molecule has 136 valence electrons. The van der Waals surface area contributed by atoms with Crippen LogP contribution in [0.4, 0.5) is 5.69 Å². The number of nitrogens with one attached hydrogen (secondary N) is 1. The molecule has 1 aliphatic heterocycles. The van der Waals surface area contributed by atoms with Gasteiger partial charge in [-0.15, -0.1) is 0 Å². The Bertz CT molecular complexity index is 487. The van der Waals surface area contributed by atoms with Crippen LogP contribution in [0.5, 0.6) is 0 Å². The summed E-state index contributed by atoms with van der Waals surface area (Å²) in [5, 5.41) is 22.8. The Morgan fingerprint density at radius 1 is 1.17 bits per heavy atom. The van der Waals surface area contributed by atoms with Crippen molar-refractivity contribution in [2.45, 2.75) is 65.1 Å². The van der Waals surface area contributed by atoms with Crippen molar-refractivity contribution < 1.29 is 10.2 Å². The van der Waals surface area contributed by atoms with E-state index < -0.39 is 0 Å². The molecule has 1 fully saturated rings. The summed E-state index contributed by atoms with van der Waals surface area (Å²) < 4.78 is 0. The second kappa shape index (κ2) is 8.32. The molecular formula is C20H34N2O2. The molecule has 3 N–H and O–H groups in total. The summed E-state index contributed by atoms with van der Waals surface area (Å²) in [5.41, 5.74) is 2.66. The van der Waals surface area contributed by atoms with Gasteiger partial charge in [0.25, 0.3) is 0 Å². The third-order valence-electron chi connectivity index (χ3n) is 4.79. The van der Waals surface area contributed by atoms with Crippen LogP contribution >= 0.6 is 0 Å². The first-order valence-electron chi connectivity index (χ1n) is 9.18. The number of hydrogen-bond donors (Lipinski definition) is 3. The molecule has 1 aromatic carbocycles. The molecule has 2 atom stereocenters. The maximum atomic E-state index is 9.63. The van der Waals surface area contributed by atoms with E-state index in [4.69, 9.17) is 0 Å². The molecule has 0 bridgehead atoms. The smallest absolute Gasteiger partial charge is 0.0585 e. The largest absolute Gasteiger partial charge is 0.395 e. The minimum Gasteiger partial charge on any atom is -0.395 e. The van der Waals surface area contributed by atoms with E-state index in [-0.39, 0.29) is 30.2 Å². The Kier molecular flexibility index (Phi) is 6.67. The van der Waals surface area contributed by atoms with Gasteiger partial charge in [0.2, 0.25) is 0 Å². The predicted octanol–water partition coefficient (Wildman–Crippen LogP) is 3.10. The van der Waals surface area contributed by atoms with E-state index in [1.165, 1.54) is 11.3 Å². The van der Waals surface area contributed by atoms with Crippen molar-refractivity contribution in [3.8, 4) is 0 Å². The maximum Gasteiger partial charge on any atom is 0.0585 e. The van der Waals surface area contributed by atoms with E-state index in [0.717, 1.165) is 32.4 Å². The first-order chi connectivity index (χ1) is 11.3. The molecule has 2 rings (SSSR count). The molecule has 4 heteroatoms. The molecular weight excluding hydrogens is 300 g/mol. The quantitative estimate of drug-likeness (QED) is 0.748. The number of piperidine rings is 1. The SMILES string of the molecule is CC(NC(CO)CC(C)(C)C)c1ccc(N2CCC(O)CC2)cc1. The fraction of sp³-hybridized carbons (Fsp3) is 0.700. The van der Waals surface area contributed by atoms with Crippen molar-refractivity contribution in [1.82, 2.24) is 5.32 Å². The molecule has 0 aliphatic carbocycles. The topological polar surface area (TPSA) is 55.7 Å². The molecule has 0 saturated carbocycles. The summed E-state index contributed by atoms with van der Waals surface area (Å²) >= 11 is 0. The molecule has 2 unspecified atom stereocenters. The fourth-order valence-corrected chi connectivity index (χ4v) is 3.46. The lowest BCUT2D eigenvalue weighted by atomic mass is 9.88. The number of rotatable bonds is 6. The third kappa shape index (κ3) is 5.76. The Morgan fingerprint density at radius 2 is 1.75 bits per heavy atom. The van der Waals surface area contributed by atoms with Crippen molar-refractivity contribution in [3.63, 3.8) is 0 Å². The maximum absolute atomic E-state index is 9.63. The monoisotopic (exact) mass is 334 g/mol. The second-order valence-electron chi connectivity index (χ2n) is 8.34. The molecule has 1 saturated heterocycles. The number of nitrogens with zero attached hydrogens (tertiary/aromatic N) is 1. The summed E-state index contributed by atoms with van der Waals surface area (Å²) in [6.07, 6.45) is 2.51. The zero-order valence-electron chi connectivity index (χ0n) is 15.6. The lowest BCUT2D eigenvalue weighted by Gasteiger charge is -2.32. The highest BCUT2D eigenvalue weighted by atomic mass is 16.3. The van der Waals surface area contributed by atoms with Crippen molar-refractivity contribution in [2.75, 3.05) is 24.6 Å². The van der Waals surface area contributed by atoms with Gasteiger partial charge in [-0.3, -0.25) is 0 Å². The van der Waals surface area contributed by atoms with E-state index in [2.05, 4.69) is 62.2 Å². The van der Waals surface area contributed by atoms with E-state index in [0.29, 0.717) is 0 Å². The summed E-state index contributed by atoms with van der Waals surface area (Å²) in [6, 6.07) is 9.00. The van der Waals surface area contributed by atoms with Gasteiger partial charge in [0.05, 0.1) is 12.7 Å². The lowest BCUT2D eigenvalue weighted by molar-refractivity contribution is 0.145. The molecule has 24 heavy (non-hydrogen) atoms. The van der Waals surface area contributed by atoms with Gasteiger partial charge in [-0.2, -0.15) is 0 Å². The molecule has 0 radical (unpaired) electrons. The van der Waals surface area contributed by atoms with Gasteiger partial charge in [0.15, 0.2) is 0 Å². The van der Waals surface area contributed by atoms with E-state index in [9.17, 15) is 10.2 Å². The second-order valence-corrected chi connectivity index (χ2v) is 8.34. The van der Waals surface area contributed by atoms with Crippen LogP contribution in [-0.4, -0.2) is 42.1 Å². The number of aliphatic hydroxyl groups is 2. The number of anilines is 1. The highest BCUT2D eigenvalue weighted by molar-refractivity contribution is 5.48. The standard InChI is InChI=1S/C20H34N2O2/c1-15(21-17(14-23)13-20(2,3)4)16-5-7-18(8-6-16)22-11-9-19(24)10-12-22/h5-8,15,17,19,21,23-24H,9-14H2,1-4H3. The minimum atomic E-state index is -0.136. The van der Waals surface area contributed by atoms with Crippen LogP contribution in [0.1, 0.15) is 58.6 Å². The van der Waals surface area contributed by atoms with Crippen LogP contribution in [0.3, 0.4) is 0 Å². The molecule has 1 aliphatic rings. The predicted molar refractivity (Wildman–Crippen MR) is 100 cm³/mol. The Labute approximate surface area is 146 Å². The summed E-state index contributed by atoms with van der Waals surface area (Å²) in [7, 11) is 0. The van der Waals surface area contributed by atoms with Gasteiger partial charge < -0.3 is 20.4 Å². The van der Waals surface area contributed by atoms with Gasteiger partial charge in [-0.1, -0.05) is 32.9 Å². The zero-order chi connectivity index (χ0) is 17.7. The van der Waals surface area contributed by atoms with Crippen LogP contribution in [0.2, 0.25) is 0 Å². The first kappa shape index (κ1) is 19.2. The van der Waals surface area contributed by atoms with Gasteiger partial charge in [0.1, 0.15) is 0 Å². The Morgan fingerprint density at radius 3 is 2.25 bits per heavy atom. The highest BCUT2D eigenvalue weighted by Crippen LogP contribution is 2.25. The van der Waals surface area contributed by atoms with Crippen LogP contribution in [0.15, 0.2) is 24.3 Å². The third-order valence-corrected chi connectivity index (χ3v) is 4.79. The summed E-state index contributed by atoms with van der Waals surface area (Å²) in [4.78, 5) is 2.34. The summed E-state index contributed by atoms with van der Waals surface area (Å²) in [6.45, 7) is 10.8. The Balaban J connectivity index is 1.94. The van der Waals surface area contributed by atoms with E-state index in [1.54, 1.807) is 0 Å². The van der Waals surface area contributed by atoms with E-state index >= 15 is 0 Å². The molecule has 1 aromatic rings. The summed E-state index contributed by atoms with van der Waals surface area (Å²) in [5.74, 6) is 0. The first-order valence-corrected chi connectivity index (χ1v) is 9.18. The minimum absolute atomic E-state index is 0.114. The van der Waals surface area contributed by atoms with Gasteiger partial charge in [-0.25, -0.2) is 0 Å². The molecule has 0 aromatic heterocycles. The van der Waals surface area contributed by atoms with Gasteiger partial charge in [0, 0.05) is 30.9 Å². The van der Waals surface area contributed by atoms with E-state index in [1.807, 2.05) is 0 Å². The number of aliphatic hydroxyl groups excluding tert-OH is 2. The van der Waals surface area contributed by atoms with Crippen LogP contribution in [-0.2, 0) is 0 Å². The van der Waals surface area contributed by atoms with Crippen molar-refractivity contribution in [3.05, 3.63) is 29.8 Å². The lowest BCUT2D eigenvalue weighted by Crippen LogP contribution is -2.37. The fourth-order valence-electron chi connectivity index (χ4n) is 3.46. The van der Waals surface area contributed by atoms with Crippen molar-refractivity contribution >= 4 is 5.69 Å². The normalized spacial score (nSPS) is 19.3. The Hall–Kier alpha value is -1.10. The van der Waals surface area contributed by atoms with Crippen LogP contribution < -0.4 is 10.2 Å². The van der Waals surface area contributed by atoms with Crippen molar-refractivity contribution in [1.29, 1.82) is 0 Å². The van der Waals surface area contributed by atoms with Gasteiger partial charge in [-0.05, 0) is 49.3 Å². The van der Waals surface area contributed by atoms with Crippen LogP contribution in [0, 0.1) is 5.41 Å². The van der Waals surface area contributed by atoms with Crippen molar-refractivity contribution in [2.24, 2.45) is 5.41 Å². The average Bonchev–Trinajstić information content (AvgIpc) is 2.54. The molecule has 0 amide bonds. The van der Waals surface area contributed by atoms with Gasteiger partial charge >= 0.3 is 0 Å². The number of hydrogen-bond acceptors (Lipinski definition) is 4. The van der Waals surface area contributed by atoms with Crippen LogP contribution in [0.25, 0.3) is 0 Å². The average molecular weight is 335 g/mol. The highest BCUT2D eigenvalue weighted by Gasteiger charge is 2.21. The molecule has 0 spiro atoms.